The van der Waals surface area contributed by atoms with Crippen molar-refractivity contribution in [2.45, 2.75) is 37.8 Å². The zero-order chi connectivity index (χ0) is 16.4. The average molecular weight is 324 g/mol. The van der Waals surface area contributed by atoms with Gasteiger partial charge in [0.15, 0.2) is 0 Å². The molecular formula is C19H20N2O3. The molecule has 124 valence electrons. The molecule has 1 saturated heterocycles. The van der Waals surface area contributed by atoms with Crippen molar-refractivity contribution in [2.24, 2.45) is 0 Å². The van der Waals surface area contributed by atoms with Crippen molar-refractivity contribution in [1.29, 1.82) is 0 Å². The summed E-state index contributed by atoms with van der Waals surface area (Å²) < 4.78 is 5.85. The van der Waals surface area contributed by atoms with Crippen molar-refractivity contribution in [2.75, 3.05) is 0 Å². The van der Waals surface area contributed by atoms with Gasteiger partial charge in [-0.15, -0.1) is 0 Å². The highest BCUT2D eigenvalue weighted by molar-refractivity contribution is 5.75. The topological polar surface area (TPSA) is 53.9 Å². The van der Waals surface area contributed by atoms with Gasteiger partial charge in [-0.1, -0.05) is 60.7 Å². The van der Waals surface area contributed by atoms with Crippen LogP contribution in [0.4, 0.5) is 4.79 Å². The Morgan fingerprint density at radius 3 is 2.46 bits per heavy atom. The normalized spacial score (nSPS) is 25.0. The van der Waals surface area contributed by atoms with E-state index in [1.165, 1.54) is 10.6 Å². The average Bonchev–Trinajstić information content (AvgIpc) is 3.39. The molecule has 2 aromatic rings. The third kappa shape index (κ3) is 3.42. The SMILES string of the molecule is O=C(NC1CC(OCc2ccccc2)C1)N1OC1c1ccccc1. The minimum atomic E-state index is -0.253. The first kappa shape index (κ1) is 15.2. The minimum absolute atomic E-state index is 0.166. The Kier molecular flexibility index (Phi) is 4.19. The Morgan fingerprint density at radius 2 is 1.75 bits per heavy atom. The van der Waals surface area contributed by atoms with Crippen LogP contribution in [0.5, 0.6) is 0 Å². The number of nitrogens with one attached hydrogen (secondary N) is 1. The zero-order valence-electron chi connectivity index (χ0n) is 13.3. The van der Waals surface area contributed by atoms with Crippen LogP contribution >= 0.6 is 0 Å². The maximum absolute atomic E-state index is 12.1. The standard InChI is InChI=1S/C19H20N2O3/c22-19(21-18(24-21)15-9-5-2-6-10-15)20-16-11-17(12-16)23-13-14-7-3-1-4-8-14/h1-10,16-18H,11-13H2,(H,20,22). The molecule has 0 aromatic heterocycles. The molecule has 1 aliphatic heterocycles. The van der Waals surface area contributed by atoms with Gasteiger partial charge in [-0.2, -0.15) is 5.06 Å². The molecule has 2 fully saturated rings. The molecule has 1 saturated carbocycles. The first-order valence-corrected chi connectivity index (χ1v) is 8.26. The smallest absolute Gasteiger partial charge is 0.344 e. The number of carbonyl (C=O) groups is 1. The van der Waals surface area contributed by atoms with Crippen molar-refractivity contribution >= 4 is 6.03 Å². The summed E-state index contributed by atoms with van der Waals surface area (Å²) in [7, 11) is 0. The summed E-state index contributed by atoms with van der Waals surface area (Å²) in [5.74, 6) is 0. The summed E-state index contributed by atoms with van der Waals surface area (Å²) in [6.07, 6.45) is 1.66. The molecule has 2 amide bonds. The summed E-state index contributed by atoms with van der Waals surface area (Å²) in [6.45, 7) is 0.623. The second-order valence-corrected chi connectivity index (χ2v) is 6.23. The van der Waals surface area contributed by atoms with E-state index in [0.29, 0.717) is 6.61 Å². The molecule has 4 rings (SSSR count). The molecule has 0 radical (unpaired) electrons. The number of carbonyl (C=O) groups excluding carboxylic acids is 1. The maximum atomic E-state index is 12.1. The van der Waals surface area contributed by atoms with Gasteiger partial charge in [0, 0.05) is 11.6 Å². The molecule has 1 N–H and O–H groups in total. The zero-order valence-corrected chi connectivity index (χ0v) is 13.3. The van der Waals surface area contributed by atoms with E-state index in [-0.39, 0.29) is 24.4 Å². The number of rotatable bonds is 5. The Hall–Kier alpha value is -2.37. The molecule has 5 nitrogen and oxygen atoms in total. The molecular weight excluding hydrogens is 304 g/mol. The van der Waals surface area contributed by atoms with Crippen molar-refractivity contribution in [1.82, 2.24) is 10.4 Å². The van der Waals surface area contributed by atoms with Gasteiger partial charge >= 0.3 is 6.03 Å². The quantitative estimate of drug-likeness (QED) is 0.858. The Balaban J connectivity index is 1.17. The van der Waals surface area contributed by atoms with Gasteiger partial charge in [-0.05, 0) is 18.4 Å². The number of hydrogen-bond acceptors (Lipinski definition) is 3. The molecule has 1 aliphatic carbocycles. The number of ether oxygens (including phenoxy) is 1. The molecule has 2 aliphatic rings. The number of hydroxylamine groups is 2. The molecule has 5 heteroatoms. The van der Waals surface area contributed by atoms with Crippen LogP contribution in [0, 0.1) is 0 Å². The van der Waals surface area contributed by atoms with E-state index in [1.807, 2.05) is 48.5 Å². The van der Waals surface area contributed by atoms with Crippen molar-refractivity contribution in [3.05, 3.63) is 71.8 Å². The fourth-order valence-corrected chi connectivity index (χ4v) is 2.89. The minimum Gasteiger partial charge on any atom is -0.373 e. The van der Waals surface area contributed by atoms with Gasteiger partial charge in [-0.25, -0.2) is 9.63 Å². The number of amides is 2. The summed E-state index contributed by atoms with van der Waals surface area (Å²) in [4.78, 5) is 17.5. The van der Waals surface area contributed by atoms with E-state index in [9.17, 15) is 4.79 Å². The van der Waals surface area contributed by atoms with E-state index in [1.54, 1.807) is 0 Å². The summed E-state index contributed by atoms with van der Waals surface area (Å²) in [5.41, 5.74) is 2.17. The fourth-order valence-electron chi connectivity index (χ4n) is 2.89. The highest BCUT2D eigenvalue weighted by Crippen LogP contribution is 2.37. The van der Waals surface area contributed by atoms with Gasteiger partial charge in [0.05, 0.1) is 12.7 Å². The first-order chi connectivity index (χ1) is 11.8. The van der Waals surface area contributed by atoms with E-state index in [2.05, 4.69) is 17.4 Å². The van der Waals surface area contributed by atoms with Crippen LogP contribution in [0.3, 0.4) is 0 Å². The number of nitrogens with zero attached hydrogens (tertiary/aromatic N) is 1. The van der Waals surface area contributed by atoms with Gasteiger partial charge < -0.3 is 10.1 Å². The number of benzene rings is 2. The molecule has 24 heavy (non-hydrogen) atoms. The van der Waals surface area contributed by atoms with Crippen LogP contribution in [-0.2, 0) is 16.2 Å². The Morgan fingerprint density at radius 1 is 1.08 bits per heavy atom. The van der Waals surface area contributed by atoms with Crippen molar-refractivity contribution in [3.63, 3.8) is 0 Å². The molecule has 0 spiro atoms. The van der Waals surface area contributed by atoms with Gasteiger partial charge in [0.1, 0.15) is 0 Å². The third-order valence-corrected chi connectivity index (χ3v) is 4.42. The number of hydrogen-bond donors (Lipinski definition) is 1. The Bertz CT molecular complexity index is 686. The second kappa shape index (κ2) is 6.63. The van der Waals surface area contributed by atoms with Gasteiger partial charge in [-0.3, -0.25) is 0 Å². The predicted octanol–water partition coefficient (Wildman–Crippen LogP) is 3.39. The molecule has 1 unspecified atom stereocenters. The lowest BCUT2D eigenvalue weighted by atomic mass is 9.89. The summed E-state index contributed by atoms with van der Waals surface area (Å²) in [5, 5.41) is 4.37. The van der Waals surface area contributed by atoms with Crippen LogP contribution in [0.1, 0.15) is 30.2 Å². The molecule has 0 bridgehead atoms. The largest absolute Gasteiger partial charge is 0.373 e. The number of urea groups is 1. The van der Waals surface area contributed by atoms with E-state index < -0.39 is 0 Å². The Labute approximate surface area is 141 Å². The van der Waals surface area contributed by atoms with Crippen LogP contribution in [0.15, 0.2) is 60.7 Å². The van der Waals surface area contributed by atoms with Crippen LogP contribution in [-0.4, -0.2) is 23.2 Å². The second-order valence-electron chi connectivity index (χ2n) is 6.23. The highest BCUT2D eigenvalue weighted by Gasteiger charge is 2.44. The van der Waals surface area contributed by atoms with E-state index in [4.69, 9.17) is 9.57 Å². The van der Waals surface area contributed by atoms with Gasteiger partial charge in [0.2, 0.25) is 6.23 Å². The monoisotopic (exact) mass is 324 g/mol. The van der Waals surface area contributed by atoms with Gasteiger partial charge in [0.25, 0.3) is 0 Å². The fraction of sp³-hybridized carbons (Fsp3) is 0.316. The lowest BCUT2D eigenvalue weighted by Crippen LogP contribution is -2.49. The first-order valence-electron chi connectivity index (χ1n) is 8.26. The maximum Gasteiger partial charge on any atom is 0.344 e. The lowest BCUT2D eigenvalue weighted by molar-refractivity contribution is -0.0249. The van der Waals surface area contributed by atoms with Crippen LogP contribution < -0.4 is 5.32 Å². The van der Waals surface area contributed by atoms with Crippen LogP contribution in [0.25, 0.3) is 0 Å². The lowest BCUT2D eigenvalue weighted by Gasteiger charge is -2.35. The predicted molar refractivity (Wildman–Crippen MR) is 88.7 cm³/mol. The van der Waals surface area contributed by atoms with E-state index >= 15 is 0 Å². The molecule has 1 atom stereocenters. The highest BCUT2D eigenvalue weighted by atomic mass is 16.8. The third-order valence-electron chi connectivity index (χ3n) is 4.42. The molecule has 1 heterocycles. The van der Waals surface area contributed by atoms with Crippen molar-refractivity contribution in [3.8, 4) is 0 Å². The summed E-state index contributed by atoms with van der Waals surface area (Å²) in [6, 6.07) is 19.8. The summed E-state index contributed by atoms with van der Waals surface area (Å²) >= 11 is 0. The van der Waals surface area contributed by atoms with Crippen LogP contribution in [0.2, 0.25) is 0 Å². The van der Waals surface area contributed by atoms with Crippen molar-refractivity contribution < 1.29 is 14.4 Å². The molecule has 2 aromatic carbocycles. The van der Waals surface area contributed by atoms with E-state index in [0.717, 1.165) is 18.4 Å².